The number of aliphatic hydroxyl groups is 1. The molecule has 0 aliphatic rings. The van der Waals surface area contributed by atoms with Crippen LogP contribution in [0.15, 0.2) is 165 Å². The lowest BCUT2D eigenvalue weighted by Gasteiger charge is -2.40. The van der Waals surface area contributed by atoms with Gasteiger partial charge in [-0.3, -0.25) is 0 Å². The minimum atomic E-state index is -5.23. The molecule has 0 saturated heterocycles. The summed E-state index contributed by atoms with van der Waals surface area (Å²) in [6, 6.07) is 25.0. The average Bonchev–Trinajstić information content (AvgIpc) is 3.12. The van der Waals surface area contributed by atoms with Crippen molar-refractivity contribution in [1.29, 1.82) is 0 Å². The SMILES string of the molecule is O=S(=O)(c1ccccc1)N(C(CCO)C(c1ccc(F)cc1)N(S(=O)(=O)c1ccccc1)S(=O)(=O)c1ccccc1)S(=O)(=O)c1ccccc1. The molecule has 1 N–H and O–H groups in total. The van der Waals surface area contributed by atoms with Crippen LogP contribution in [0.3, 0.4) is 0 Å². The number of rotatable bonds is 14. The van der Waals surface area contributed by atoms with Gasteiger partial charge in [-0.25, -0.2) is 38.1 Å². The van der Waals surface area contributed by atoms with Crippen LogP contribution in [0.4, 0.5) is 4.39 Å². The van der Waals surface area contributed by atoms with E-state index in [1.54, 1.807) is 0 Å². The number of nitrogens with zero attached hydrogens (tertiary/aromatic N) is 2. The van der Waals surface area contributed by atoms with E-state index >= 15 is 0 Å². The van der Waals surface area contributed by atoms with Crippen LogP contribution in [0, 0.1) is 5.82 Å². The lowest BCUT2D eigenvalue weighted by atomic mass is 9.98. The Hall–Kier alpha value is -4.29. The molecule has 0 amide bonds. The quantitative estimate of drug-likeness (QED) is 0.168. The van der Waals surface area contributed by atoms with Gasteiger partial charge in [0.1, 0.15) is 5.82 Å². The summed E-state index contributed by atoms with van der Waals surface area (Å²) in [5.41, 5.74) is -0.291. The van der Waals surface area contributed by atoms with Crippen molar-refractivity contribution in [3.8, 4) is 0 Å². The van der Waals surface area contributed by atoms with Gasteiger partial charge in [0.15, 0.2) is 0 Å². The lowest BCUT2D eigenvalue weighted by molar-refractivity contribution is 0.216. The molecular weight excluding hydrogens is 728 g/mol. The number of aliphatic hydroxyl groups excluding tert-OH is 1. The zero-order valence-corrected chi connectivity index (χ0v) is 29.3. The van der Waals surface area contributed by atoms with E-state index < -0.39 is 90.6 Å². The van der Waals surface area contributed by atoms with Crippen LogP contribution in [0.25, 0.3) is 0 Å². The highest BCUT2D eigenvalue weighted by molar-refractivity contribution is 8.04. The van der Waals surface area contributed by atoms with Gasteiger partial charge in [0.05, 0.1) is 31.7 Å². The molecule has 16 heteroatoms. The fraction of sp³-hybridized carbons (Fsp3) is 0.118. The molecule has 5 aromatic rings. The van der Waals surface area contributed by atoms with Crippen molar-refractivity contribution >= 4 is 40.1 Å². The van der Waals surface area contributed by atoms with Crippen LogP contribution in [-0.2, 0) is 40.1 Å². The monoisotopic (exact) mass is 758 g/mol. The Morgan fingerprint density at radius 2 is 0.760 bits per heavy atom. The second-order valence-corrected chi connectivity index (χ2v) is 18.5. The normalized spacial score (nSPS) is 14.0. The summed E-state index contributed by atoms with van der Waals surface area (Å²) in [5.74, 6) is -0.805. The van der Waals surface area contributed by atoms with E-state index in [0.29, 0.717) is 0 Å². The van der Waals surface area contributed by atoms with Crippen molar-refractivity contribution in [2.75, 3.05) is 6.61 Å². The zero-order valence-electron chi connectivity index (χ0n) is 26.0. The third kappa shape index (κ3) is 7.27. The Balaban J connectivity index is 1.94. The number of sulfonamides is 4. The first kappa shape index (κ1) is 37.0. The molecule has 0 spiro atoms. The van der Waals surface area contributed by atoms with E-state index in [0.717, 1.165) is 72.8 Å². The van der Waals surface area contributed by atoms with Crippen molar-refractivity contribution in [1.82, 2.24) is 7.42 Å². The number of hydrogen-bond donors (Lipinski definition) is 1. The van der Waals surface area contributed by atoms with Gasteiger partial charge >= 0.3 is 0 Å². The Kier molecular flexibility index (Phi) is 11.0. The van der Waals surface area contributed by atoms with Crippen LogP contribution in [0.5, 0.6) is 0 Å². The third-order valence-electron chi connectivity index (χ3n) is 7.61. The molecule has 0 fully saturated rings. The second-order valence-electron chi connectivity index (χ2n) is 10.8. The van der Waals surface area contributed by atoms with Gasteiger partial charge in [0.25, 0.3) is 40.1 Å². The highest BCUT2D eigenvalue weighted by Crippen LogP contribution is 2.42. The second kappa shape index (κ2) is 14.9. The maximum atomic E-state index is 14.7. The molecule has 0 saturated carbocycles. The molecule has 0 aromatic heterocycles. The lowest BCUT2D eigenvalue weighted by Crippen LogP contribution is -2.54. The molecule has 262 valence electrons. The minimum absolute atomic E-state index is 0.0446. The largest absolute Gasteiger partial charge is 0.396 e. The standard InChI is InChI=1S/C34H31FN2O9S4/c35-28-23-21-27(22-24-28)34(37(49(43,44)31-17-9-3-10-18-31)50(45,46)32-19-11-4-12-20-32)33(25-26-38)36(47(39,40)29-13-5-1-6-14-29)48(41,42)30-15-7-2-8-16-30/h1-24,33-34,38H,25-26H2. The molecule has 0 bridgehead atoms. The van der Waals surface area contributed by atoms with Gasteiger partial charge in [0, 0.05) is 6.61 Å². The highest BCUT2D eigenvalue weighted by atomic mass is 32.3. The van der Waals surface area contributed by atoms with Crippen molar-refractivity contribution in [2.45, 2.75) is 38.1 Å². The zero-order chi connectivity index (χ0) is 36.2. The molecule has 2 atom stereocenters. The summed E-state index contributed by atoms with van der Waals surface area (Å²) >= 11 is 0. The first-order valence-corrected chi connectivity index (χ1v) is 20.7. The molecular formula is C34H31FN2O9S4. The fourth-order valence-corrected chi connectivity index (χ4v) is 13.6. The average molecular weight is 759 g/mol. The van der Waals surface area contributed by atoms with Gasteiger partial charge < -0.3 is 5.11 Å². The summed E-state index contributed by atoms with van der Waals surface area (Å²) < 4.78 is 132. The van der Waals surface area contributed by atoms with Gasteiger partial charge in [-0.2, -0.15) is 0 Å². The maximum Gasteiger partial charge on any atom is 0.257 e. The highest BCUT2D eigenvalue weighted by Gasteiger charge is 2.53. The predicted octanol–water partition coefficient (Wildman–Crippen LogP) is 4.78. The summed E-state index contributed by atoms with van der Waals surface area (Å²) in [4.78, 5) is -2.11. The van der Waals surface area contributed by atoms with E-state index in [2.05, 4.69) is 0 Å². The van der Waals surface area contributed by atoms with Crippen molar-refractivity contribution < 1.29 is 43.2 Å². The first-order chi connectivity index (χ1) is 23.7. The van der Waals surface area contributed by atoms with Crippen molar-refractivity contribution in [3.05, 3.63) is 157 Å². The summed E-state index contributed by atoms with van der Waals surface area (Å²) in [6.45, 7) is -0.932. The van der Waals surface area contributed by atoms with E-state index in [4.69, 9.17) is 0 Å². The topological polar surface area (TPSA) is 163 Å². The number of benzene rings is 5. The molecule has 5 aromatic carbocycles. The molecule has 0 aliphatic heterocycles. The van der Waals surface area contributed by atoms with Gasteiger partial charge in [-0.15, -0.1) is 0 Å². The molecule has 11 nitrogen and oxygen atoms in total. The number of halogens is 1. The van der Waals surface area contributed by atoms with Crippen LogP contribution in [0.1, 0.15) is 18.0 Å². The molecule has 2 unspecified atom stereocenters. The Morgan fingerprint density at radius 1 is 0.460 bits per heavy atom. The van der Waals surface area contributed by atoms with Crippen molar-refractivity contribution in [3.63, 3.8) is 0 Å². The van der Waals surface area contributed by atoms with Crippen molar-refractivity contribution in [2.24, 2.45) is 0 Å². The fourth-order valence-electron chi connectivity index (χ4n) is 5.35. The summed E-state index contributed by atoms with van der Waals surface area (Å²) in [5, 5.41) is 10.4. The van der Waals surface area contributed by atoms with Crippen LogP contribution in [0.2, 0.25) is 0 Å². The number of hydrogen-bond acceptors (Lipinski definition) is 9. The minimum Gasteiger partial charge on any atom is -0.396 e. The van der Waals surface area contributed by atoms with E-state index in [9.17, 15) is 43.2 Å². The smallest absolute Gasteiger partial charge is 0.257 e. The summed E-state index contributed by atoms with van der Waals surface area (Å²) in [7, 11) is -20.9. The van der Waals surface area contributed by atoms with Gasteiger partial charge in [-0.05, 0) is 72.6 Å². The molecule has 0 radical (unpaired) electrons. The molecule has 50 heavy (non-hydrogen) atoms. The summed E-state index contributed by atoms with van der Waals surface area (Å²) in [6.07, 6.45) is -0.800. The van der Waals surface area contributed by atoms with Gasteiger partial charge in [0.2, 0.25) is 0 Å². The molecule has 0 heterocycles. The Labute approximate surface area is 291 Å². The van der Waals surface area contributed by atoms with E-state index in [1.807, 2.05) is 0 Å². The van der Waals surface area contributed by atoms with Crippen LogP contribution < -0.4 is 0 Å². The van der Waals surface area contributed by atoms with E-state index in [1.165, 1.54) is 72.8 Å². The predicted molar refractivity (Wildman–Crippen MR) is 183 cm³/mol. The maximum absolute atomic E-state index is 14.7. The van der Waals surface area contributed by atoms with Crippen LogP contribution in [-0.4, -0.2) is 58.8 Å². The Morgan fingerprint density at radius 3 is 1.06 bits per heavy atom. The van der Waals surface area contributed by atoms with Crippen LogP contribution >= 0.6 is 0 Å². The first-order valence-electron chi connectivity index (χ1n) is 14.9. The van der Waals surface area contributed by atoms with E-state index in [-0.39, 0.29) is 13.0 Å². The Bertz CT molecular complexity index is 2210. The molecule has 0 aliphatic carbocycles. The molecule has 5 rings (SSSR count). The van der Waals surface area contributed by atoms with Gasteiger partial charge in [-0.1, -0.05) is 92.4 Å². The third-order valence-corrected chi connectivity index (χ3v) is 16.3.